The van der Waals surface area contributed by atoms with E-state index >= 15 is 0 Å². The third-order valence-corrected chi connectivity index (χ3v) is 5.75. The summed E-state index contributed by atoms with van der Waals surface area (Å²) in [5, 5.41) is 5.90. The zero-order valence-corrected chi connectivity index (χ0v) is 15.2. The van der Waals surface area contributed by atoms with Crippen molar-refractivity contribution in [3.05, 3.63) is 70.9 Å². The van der Waals surface area contributed by atoms with E-state index in [1.807, 2.05) is 12.1 Å². The van der Waals surface area contributed by atoms with Crippen molar-refractivity contribution >= 4 is 22.5 Å². The summed E-state index contributed by atoms with van der Waals surface area (Å²) in [4.78, 5) is 3.40. The summed E-state index contributed by atoms with van der Waals surface area (Å²) < 4.78 is 0. The summed E-state index contributed by atoms with van der Waals surface area (Å²) in [6.07, 6.45) is 8.30. The number of piperidine rings is 1. The number of aryl methyl sites for hydroxylation is 1. The minimum absolute atomic E-state index is 0.586. The summed E-state index contributed by atoms with van der Waals surface area (Å²) >= 11 is 5.99. The first-order chi connectivity index (χ1) is 12.3. The Bertz CT molecular complexity index is 821. The highest BCUT2D eigenvalue weighted by Crippen LogP contribution is 2.26. The number of hydrogen-bond donors (Lipinski definition) is 2. The van der Waals surface area contributed by atoms with Crippen LogP contribution in [0.2, 0.25) is 5.02 Å². The van der Waals surface area contributed by atoms with E-state index in [1.165, 1.54) is 47.7 Å². The highest BCUT2D eigenvalue weighted by atomic mass is 35.5. The van der Waals surface area contributed by atoms with Gasteiger partial charge in [-0.1, -0.05) is 41.9 Å². The van der Waals surface area contributed by atoms with Crippen LogP contribution in [0, 0.1) is 5.92 Å². The Morgan fingerprint density at radius 1 is 1.04 bits per heavy atom. The number of rotatable bonds is 5. The lowest BCUT2D eigenvalue weighted by molar-refractivity contribution is 0.287. The van der Waals surface area contributed by atoms with Crippen LogP contribution in [0.25, 0.3) is 10.9 Å². The molecule has 25 heavy (non-hydrogen) atoms. The minimum Gasteiger partial charge on any atom is -0.361 e. The SMILES string of the molecule is Clc1ccc(C[C@@H]2C[C@@H](CCc3c[nH]c4ccccc34)CCN2)cc1. The standard InChI is InChI=1S/C22H25ClN2/c23-19-9-6-16(7-10-19)13-20-14-17(11-12-24-20)5-8-18-15-25-22-4-2-1-3-21(18)22/h1-4,6-7,9-10,15,17,20,24-25H,5,8,11-14H2/t17-,20+/m0/s1. The van der Waals surface area contributed by atoms with E-state index < -0.39 is 0 Å². The van der Waals surface area contributed by atoms with Crippen LogP contribution in [0.4, 0.5) is 0 Å². The summed E-state index contributed by atoms with van der Waals surface area (Å²) in [6.45, 7) is 1.14. The molecule has 2 heterocycles. The first-order valence-corrected chi connectivity index (χ1v) is 9.68. The zero-order chi connectivity index (χ0) is 17.1. The number of benzene rings is 2. The molecule has 0 aliphatic carbocycles. The molecular weight excluding hydrogens is 328 g/mol. The molecule has 2 N–H and O–H groups in total. The van der Waals surface area contributed by atoms with Gasteiger partial charge in [-0.3, -0.25) is 0 Å². The number of halogens is 1. The molecule has 3 heteroatoms. The molecule has 2 atom stereocenters. The van der Waals surface area contributed by atoms with Crippen LogP contribution in [0.1, 0.15) is 30.4 Å². The molecule has 130 valence electrons. The van der Waals surface area contributed by atoms with E-state index in [-0.39, 0.29) is 0 Å². The molecule has 0 bridgehead atoms. The second-order valence-electron chi connectivity index (χ2n) is 7.27. The zero-order valence-electron chi connectivity index (χ0n) is 14.5. The van der Waals surface area contributed by atoms with Crippen LogP contribution >= 0.6 is 11.6 Å². The van der Waals surface area contributed by atoms with Gasteiger partial charge in [-0.05, 0) is 73.9 Å². The van der Waals surface area contributed by atoms with Gasteiger partial charge >= 0.3 is 0 Å². The van der Waals surface area contributed by atoms with Gasteiger partial charge < -0.3 is 10.3 Å². The molecule has 0 saturated carbocycles. The predicted octanol–water partition coefficient (Wildman–Crippen LogP) is 5.36. The summed E-state index contributed by atoms with van der Waals surface area (Å²) in [5.41, 5.74) is 4.09. The second-order valence-corrected chi connectivity index (χ2v) is 7.71. The Morgan fingerprint density at radius 3 is 2.76 bits per heavy atom. The van der Waals surface area contributed by atoms with Crippen LogP contribution in [-0.2, 0) is 12.8 Å². The summed E-state index contributed by atoms with van der Waals surface area (Å²) in [5.74, 6) is 0.812. The number of aromatic amines is 1. The van der Waals surface area contributed by atoms with Crippen molar-refractivity contribution < 1.29 is 0 Å². The molecule has 2 aromatic carbocycles. The molecule has 1 saturated heterocycles. The van der Waals surface area contributed by atoms with Gasteiger partial charge in [-0.15, -0.1) is 0 Å². The Morgan fingerprint density at radius 2 is 1.88 bits per heavy atom. The van der Waals surface area contributed by atoms with E-state index in [0.717, 1.165) is 23.9 Å². The maximum atomic E-state index is 5.99. The van der Waals surface area contributed by atoms with E-state index in [2.05, 4.69) is 52.9 Å². The summed E-state index contributed by atoms with van der Waals surface area (Å²) in [6, 6.07) is 17.5. The molecule has 0 radical (unpaired) electrons. The fourth-order valence-corrected chi connectivity index (χ4v) is 4.24. The number of hydrogen-bond acceptors (Lipinski definition) is 1. The molecule has 4 rings (SSSR count). The molecule has 2 nitrogen and oxygen atoms in total. The van der Waals surface area contributed by atoms with Crippen molar-refractivity contribution in [1.82, 2.24) is 10.3 Å². The van der Waals surface area contributed by atoms with Gasteiger partial charge in [0, 0.05) is 28.2 Å². The van der Waals surface area contributed by atoms with Crippen LogP contribution in [-0.4, -0.2) is 17.6 Å². The van der Waals surface area contributed by atoms with Crippen molar-refractivity contribution in [1.29, 1.82) is 0 Å². The van der Waals surface area contributed by atoms with Gasteiger partial charge in [-0.2, -0.15) is 0 Å². The summed E-state index contributed by atoms with van der Waals surface area (Å²) in [7, 11) is 0. The van der Waals surface area contributed by atoms with Gasteiger partial charge in [0.15, 0.2) is 0 Å². The first-order valence-electron chi connectivity index (χ1n) is 9.31. The Kier molecular flexibility index (Phi) is 5.09. The topological polar surface area (TPSA) is 27.8 Å². The fraction of sp³-hybridized carbons (Fsp3) is 0.364. The average Bonchev–Trinajstić information content (AvgIpc) is 3.06. The molecule has 1 aliphatic rings. The number of para-hydroxylation sites is 1. The van der Waals surface area contributed by atoms with E-state index in [0.29, 0.717) is 6.04 Å². The van der Waals surface area contributed by atoms with E-state index in [9.17, 15) is 0 Å². The van der Waals surface area contributed by atoms with Crippen molar-refractivity contribution in [3.63, 3.8) is 0 Å². The molecule has 1 aliphatic heterocycles. The maximum absolute atomic E-state index is 5.99. The monoisotopic (exact) mass is 352 g/mol. The quantitative estimate of drug-likeness (QED) is 0.635. The molecule has 1 aromatic heterocycles. The normalized spacial score (nSPS) is 20.8. The van der Waals surface area contributed by atoms with Crippen LogP contribution < -0.4 is 5.32 Å². The lowest BCUT2D eigenvalue weighted by Crippen LogP contribution is -2.39. The minimum atomic E-state index is 0.586. The fourth-order valence-electron chi connectivity index (χ4n) is 4.12. The first kappa shape index (κ1) is 16.7. The van der Waals surface area contributed by atoms with Crippen LogP contribution in [0.15, 0.2) is 54.7 Å². The lowest BCUT2D eigenvalue weighted by atomic mass is 9.85. The Balaban J connectivity index is 1.34. The smallest absolute Gasteiger partial charge is 0.0456 e. The maximum Gasteiger partial charge on any atom is 0.0456 e. The van der Waals surface area contributed by atoms with Crippen molar-refractivity contribution in [3.8, 4) is 0 Å². The van der Waals surface area contributed by atoms with Crippen LogP contribution in [0.3, 0.4) is 0 Å². The van der Waals surface area contributed by atoms with Gasteiger partial charge in [0.2, 0.25) is 0 Å². The largest absolute Gasteiger partial charge is 0.361 e. The molecule has 1 fully saturated rings. The number of nitrogens with one attached hydrogen (secondary N) is 2. The van der Waals surface area contributed by atoms with Gasteiger partial charge in [0.05, 0.1) is 0 Å². The van der Waals surface area contributed by atoms with Crippen molar-refractivity contribution in [2.24, 2.45) is 5.92 Å². The van der Waals surface area contributed by atoms with Crippen LogP contribution in [0.5, 0.6) is 0 Å². The second kappa shape index (κ2) is 7.63. The molecule has 0 spiro atoms. The van der Waals surface area contributed by atoms with Crippen molar-refractivity contribution in [2.75, 3.05) is 6.54 Å². The average molecular weight is 353 g/mol. The van der Waals surface area contributed by atoms with Crippen molar-refractivity contribution in [2.45, 2.75) is 38.1 Å². The Hall–Kier alpha value is -1.77. The Labute approximate surface area is 154 Å². The van der Waals surface area contributed by atoms with Gasteiger partial charge in [0.1, 0.15) is 0 Å². The van der Waals surface area contributed by atoms with Gasteiger partial charge in [0.25, 0.3) is 0 Å². The number of H-pyrrole nitrogens is 1. The third-order valence-electron chi connectivity index (χ3n) is 5.50. The molecule has 0 amide bonds. The molecule has 0 unspecified atom stereocenters. The number of aromatic nitrogens is 1. The lowest BCUT2D eigenvalue weighted by Gasteiger charge is -2.30. The van der Waals surface area contributed by atoms with E-state index in [1.54, 1.807) is 0 Å². The highest BCUT2D eigenvalue weighted by molar-refractivity contribution is 6.30. The highest BCUT2D eigenvalue weighted by Gasteiger charge is 2.21. The van der Waals surface area contributed by atoms with E-state index in [4.69, 9.17) is 11.6 Å². The molecular formula is C22H25ClN2. The number of fused-ring (bicyclic) bond motifs is 1. The predicted molar refractivity (Wildman–Crippen MR) is 106 cm³/mol. The third kappa shape index (κ3) is 4.08. The molecule has 3 aromatic rings. The van der Waals surface area contributed by atoms with Gasteiger partial charge in [-0.25, -0.2) is 0 Å².